The van der Waals surface area contributed by atoms with Gasteiger partial charge >= 0.3 is 0 Å². The molecule has 5 atom stereocenters. The minimum absolute atomic E-state index is 0.163. The van der Waals surface area contributed by atoms with Gasteiger partial charge in [-0.25, -0.2) is 0 Å². The maximum Gasteiger partial charge on any atom is 0.0971 e. The maximum absolute atomic E-state index is 10.5. The molecule has 1 aromatic carbocycles. The van der Waals surface area contributed by atoms with Gasteiger partial charge in [0.1, 0.15) is 0 Å². The number of aliphatic hydroxyl groups excluding tert-OH is 2. The topological polar surface area (TPSA) is 43.7 Å². The molecule has 0 heterocycles. The number of hydrogen-bond donors (Lipinski definition) is 2. The summed E-state index contributed by atoms with van der Waals surface area (Å²) >= 11 is 0. The van der Waals surface area contributed by atoms with Gasteiger partial charge < -0.3 is 15.1 Å². The second-order valence-electron chi connectivity index (χ2n) is 8.59. The van der Waals surface area contributed by atoms with Gasteiger partial charge in [0.15, 0.2) is 0 Å². The van der Waals surface area contributed by atoms with E-state index < -0.39 is 6.10 Å². The summed E-state index contributed by atoms with van der Waals surface area (Å²) in [6, 6.07) is 9.72. The molecule has 1 aromatic rings. The molecule has 0 amide bonds. The standard InChI is InChI=1S/C24H35NO2/c1-25(2)14-8-4-5-9-18-15-20-17-24(27)21(22(20)16-18)12-13-23(26)19-10-6-3-7-11-19/h3,6-7,10-13,15,20-24,26-27H,4-5,8-9,14,16-17H2,1-2H3/t20-,21+,22-,23+,24+/m0/s1. The monoisotopic (exact) mass is 369 g/mol. The lowest BCUT2D eigenvalue weighted by atomic mass is 9.88. The maximum atomic E-state index is 10.5. The summed E-state index contributed by atoms with van der Waals surface area (Å²) in [4.78, 5) is 2.25. The first kappa shape index (κ1) is 20.3. The number of allylic oxidation sites excluding steroid dienone is 2. The van der Waals surface area contributed by atoms with Gasteiger partial charge in [-0.15, -0.1) is 0 Å². The number of fused-ring (bicyclic) bond motifs is 1. The minimum atomic E-state index is -0.594. The fraction of sp³-hybridized carbons (Fsp3) is 0.583. The lowest BCUT2D eigenvalue weighted by molar-refractivity contribution is 0.140. The van der Waals surface area contributed by atoms with E-state index in [1.807, 2.05) is 36.4 Å². The van der Waals surface area contributed by atoms with Crippen molar-refractivity contribution < 1.29 is 10.2 Å². The summed E-state index contributed by atoms with van der Waals surface area (Å²) in [5.41, 5.74) is 2.49. The zero-order valence-electron chi connectivity index (χ0n) is 16.8. The molecule has 0 spiro atoms. The molecule has 0 bridgehead atoms. The Kier molecular flexibility index (Phi) is 7.28. The zero-order valence-corrected chi connectivity index (χ0v) is 16.8. The Morgan fingerprint density at radius 1 is 1.15 bits per heavy atom. The van der Waals surface area contributed by atoms with Crippen LogP contribution in [0.2, 0.25) is 0 Å². The molecule has 3 nitrogen and oxygen atoms in total. The summed E-state index contributed by atoms with van der Waals surface area (Å²) in [6.07, 6.45) is 12.5. The number of hydrogen-bond acceptors (Lipinski definition) is 3. The minimum Gasteiger partial charge on any atom is -0.392 e. The van der Waals surface area contributed by atoms with Crippen LogP contribution in [0.4, 0.5) is 0 Å². The molecule has 2 N–H and O–H groups in total. The first-order valence-electron chi connectivity index (χ1n) is 10.5. The van der Waals surface area contributed by atoms with Crippen molar-refractivity contribution in [2.24, 2.45) is 17.8 Å². The molecule has 1 saturated carbocycles. The Labute approximate surface area is 164 Å². The third kappa shape index (κ3) is 5.54. The van der Waals surface area contributed by atoms with Crippen LogP contribution in [0.15, 0.2) is 54.1 Å². The van der Waals surface area contributed by atoms with Crippen molar-refractivity contribution in [1.29, 1.82) is 0 Å². The SMILES string of the molecule is CN(C)CCCCCC1=C[C@H]2C[C@@H](O)[C@H](C=C[C@@H](O)c3ccccc3)[C@H]2C1. The van der Waals surface area contributed by atoms with Gasteiger partial charge in [-0.1, -0.05) is 60.6 Å². The van der Waals surface area contributed by atoms with Crippen LogP contribution in [0, 0.1) is 17.8 Å². The summed E-state index contributed by atoms with van der Waals surface area (Å²) in [7, 11) is 4.27. The highest BCUT2D eigenvalue weighted by molar-refractivity contribution is 5.24. The van der Waals surface area contributed by atoms with Crippen LogP contribution in [-0.4, -0.2) is 41.9 Å². The highest BCUT2D eigenvalue weighted by Gasteiger charge is 2.43. The fourth-order valence-electron chi connectivity index (χ4n) is 4.74. The molecule has 0 aromatic heterocycles. The van der Waals surface area contributed by atoms with Crippen molar-refractivity contribution in [2.45, 2.75) is 50.7 Å². The normalized spacial score (nSPS) is 28.7. The lowest BCUT2D eigenvalue weighted by Gasteiger charge is -2.19. The first-order valence-corrected chi connectivity index (χ1v) is 10.5. The largest absolute Gasteiger partial charge is 0.392 e. The lowest BCUT2D eigenvalue weighted by Crippen LogP contribution is -2.17. The highest BCUT2D eigenvalue weighted by atomic mass is 16.3. The Morgan fingerprint density at radius 3 is 2.67 bits per heavy atom. The molecule has 2 aliphatic rings. The summed E-state index contributed by atoms with van der Waals surface area (Å²) in [5, 5.41) is 20.9. The third-order valence-electron chi connectivity index (χ3n) is 6.21. The van der Waals surface area contributed by atoms with E-state index in [0.717, 1.165) is 18.4 Å². The first-order chi connectivity index (χ1) is 13.0. The fourth-order valence-corrected chi connectivity index (χ4v) is 4.74. The Morgan fingerprint density at radius 2 is 1.93 bits per heavy atom. The van der Waals surface area contributed by atoms with E-state index in [2.05, 4.69) is 31.1 Å². The van der Waals surface area contributed by atoms with Gasteiger partial charge in [0.25, 0.3) is 0 Å². The summed E-state index contributed by atoms with van der Waals surface area (Å²) in [6.45, 7) is 1.17. The number of unbranched alkanes of at least 4 members (excludes halogenated alkanes) is 2. The van der Waals surface area contributed by atoms with E-state index in [0.29, 0.717) is 11.8 Å². The van der Waals surface area contributed by atoms with Gasteiger partial charge in [-0.2, -0.15) is 0 Å². The molecule has 0 unspecified atom stereocenters. The zero-order chi connectivity index (χ0) is 19.2. The van der Waals surface area contributed by atoms with Gasteiger partial charge in [0.05, 0.1) is 12.2 Å². The Balaban J connectivity index is 1.49. The van der Waals surface area contributed by atoms with Crippen molar-refractivity contribution in [1.82, 2.24) is 4.90 Å². The molecule has 0 saturated heterocycles. The number of benzene rings is 1. The van der Waals surface area contributed by atoms with Crippen molar-refractivity contribution in [3.8, 4) is 0 Å². The molecule has 2 aliphatic carbocycles. The van der Waals surface area contributed by atoms with E-state index in [4.69, 9.17) is 0 Å². The van der Waals surface area contributed by atoms with Crippen LogP contribution in [0.3, 0.4) is 0 Å². The molecule has 3 heteroatoms. The molecule has 0 radical (unpaired) electrons. The Bertz CT molecular complexity index is 637. The van der Waals surface area contributed by atoms with Crippen LogP contribution < -0.4 is 0 Å². The smallest absolute Gasteiger partial charge is 0.0971 e. The van der Waals surface area contributed by atoms with Gasteiger partial charge in [-0.3, -0.25) is 0 Å². The van der Waals surface area contributed by atoms with Gasteiger partial charge in [0, 0.05) is 5.92 Å². The number of aliphatic hydroxyl groups is 2. The number of rotatable bonds is 9. The molecular weight excluding hydrogens is 334 g/mol. The second kappa shape index (κ2) is 9.68. The van der Waals surface area contributed by atoms with E-state index in [9.17, 15) is 10.2 Å². The quantitative estimate of drug-likeness (QED) is 0.503. The molecule has 0 aliphatic heterocycles. The second-order valence-corrected chi connectivity index (χ2v) is 8.59. The predicted octanol–water partition coefficient (Wildman–Crippen LogP) is 4.34. The van der Waals surface area contributed by atoms with Crippen LogP contribution in [-0.2, 0) is 0 Å². The molecule has 3 rings (SSSR count). The van der Waals surface area contributed by atoms with Crippen molar-refractivity contribution in [3.05, 3.63) is 59.7 Å². The Hall–Kier alpha value is -1.42. The highest BCUT2D eigenvalue weighted by Crippen LogP contribution is 2.48. The van der Waals surface area contributed by atoms with Gasteiger partial charge in [0.2, 0.25) is 0 Å². The van der Waals surface area contributed by atoms with E-state index >= 15 is 0 Å². The van der Waals surface area contributed by atoms with Crippen molar-refractivity contribution >= 4 is 0 Å². The number of nitrogens with zero attached hydrogens (tertiary/aromatic N) is 1. The molecular formula is C24H35NO2. The molecule has 148 valence electrons. The van der Waals surface area contributed by atoms with Crippen LogP contribution in [0.5, 0.6) is 0 Å². The summed E-state index contributed by atoms with van der Waals surface area (Å²) < 4.78 is 0. The van der Waals surface area contributed by atoms with Gasteiger partial charge in [-0.05, 0) is 70.1 Å². The predicted molar refractivity (Wildman–Crippen MR) is 111 cm³/mol. The van der Waals surface area contributed by atoms with E-state index in [-0.39, 0.29) is 12.0 Å². The van der Waals surface area contributed by atoms with Crippen LogP contribution in [0.25, 0.3) is 0 Å². The average molecular weight is 370 g/mol. The van der Waals surface area contributed by atoms with Crippen LogP contribution >= 0.6 is 0 Å². The molecule has 27 heavy (non-hydrogen) atoms. The average Bonchev–Trinajstić information content (AvgIpc) is 3.16. The van der Waals surface area contributed by atoms with E-state index in [1.54, 1.807) is 5.57 Å². The van der Waals surface area contributed by atoms with E-state index in [1.165, 1.54) is 32.2 Å². The van der Waals surface area contributed by atoms with Crippen molar-refractivity contribution in [2.75, 3.05) is 20.6 Å². The summed E-state index contributed by atoms with van der Waals surface area (Å²) in [5.74, 6) is 1.19. The molecule has 1 fully saturated rings. The third-order valence-corrected chi connectivity index (χ3v) is 6.21. The van der Waals surface area contributed by atoms with Crippen LogP contribution in [0.1, 0.15) is 50.2 Å². The van der Waals surface area contributed by atoms with Crippen molar-refractivity contribution in [3.63, 3.8) is 0 Å².